The van der Waals surface area contributed by atoms with Gasteiger partial charge in [-0.25, -0.2) is 4.79 Å². The minimum Gasteiger partial charge on any atom is -0.416 e. The van der Waals surface area contributed by atoms with E-state index >= 15 is 0 Å². The summed E-state index contributed by atoms with van der Waals surface area (Å²) >= 11 is 1.09. The average molecular weight is 348 g/mol. The van der Waals surface area contributed by atoms with Crippen molar-refractivity contribution in [2.24, 2.45) is 0 Å². The van der Waals surface area contributed by atoms with Gasteiger partial charge in [-0.15, -0.1) is 10.2 Å². The molecule has 0 saturated heterocycles. The Morgan fingerprint density at radius 3 is 2.71 bits per heavy atom. The van der Waals surface area contributed by atoms with Gasteiger partial charge in [-0.1, -0.05) is 49.0 Å². The molecule has 0 unspecified atom stereocenters. The van der Waals surface area contributed by atoms with Crippen LogP contribution in [0.1, 0.15) is 31.7 Å². The lowest BCUT2D eigenvalue weighted by atomic mass is 10.2. The molecule has 8 heteroatoms. The summed E-state index contributed by atoms with van der Waals surface area (Å²) in [4.78, 5) is 23.2. The number of nitrogens with zero attached hydrogens (tertiary/aromatic N) is 2. The van der Waals surface area contributed by atoms with Crippen molar-refractivity contribution in [1.29, 1.82) is 0 Å². The van der Waals surface area contributed by atoms with Crippen molar-refractivity contribution in [3.05, 3.63) is 41.8 Å². The van der Waals surface area contributed by atoms with Gasteiger partial charge in [0.05, 0.1) is 12.2 Å². The maximum absolute atomic E-state index is 11.7. The molecular weight excluding hydrogens is 328 g/mol. The molecule has 0 bridgehead atoms. The highest BCUT2D eigenvalue weighted by atomic mass is 32.2. The van der Waals surface area contributed by atoms with E-state index in [9.17, 15) is 9.59 Å². The number of carbonyl (C=O) groups excluding carboxylic acids is 2. The first-order valence-corrected chi connectivity index (χ1v) is 8.64. The number of hydrogen-bond acceptors (Lipinski definition) is 6. The molecule has 0 spiro atoms. The molecule has 1 heterocycles. The zero-order valence-electron chi connectivity index (χ0n) is 13.6. The van der Waals surface area contributed by atoms with Gasteiger partial charge in [-0.05, 0) is 18.9 Å². The lowest BCUT2D eigenvalue weighted by Crippen LogP contribution is -2.43. The molecule has 0 radical (unpaired) electrons. The van der Waals surface area contributed by atoms with E-state index in [0.29, 0.717) is 17.5 Å². The van der Waals surface area contributed by atoms with Crippen molar-refractivity contribution in [3.8, 4) is 0 Å². The van der Waals surface area contributed by atoms with Crippen molar-refractivity contribution >= 4 is 23.7 Å². The standard InChI is InChI=1S/C16H20N4O3S/c1-3-11(2)17-15(22)18-13(21)10-24-16-20-19-14(23-16)9-12-7-5-4-6-8-12/h4-8,11H,3,9-10H2,1-2H3,(H2,17,18,21,22)/t11-/m0/s1. The van der Waals surface area contributed by atoms with Crippen LogP contribution in [0.15, 0.2) is 40.0 Å². The fourth-order valence-corrected chi connectivity index (χ4v) is 2.37. The minimum atomic E-state index is -0.495. The third kappa shape index (κ3) is 6.04. The molecule has 3 amide bonds. The summed E-state index contributed by atoms with van der Waals surface area (Å²) in [5, 5.41) is 13.1. The highest BCUT2D eigenvalue weighted by Crippen LogP contribution is 2.17. The number of urea groups is 1. The van der Waals surface area contributed by atoms with Gasteiger partial charge in [-0.2, -0.15) is 0 Å². The minimum absolute atomic E-state index is 0.0157. The molecule has 2 aromatic rings. The van der Waals surface area contributed by atoms with Crippen molar-refractivity contribution in [2.75, 3.05) is 5.75 Å². The molecule has 128 valence electrons. The van der Waals surface area contributed by atoms with Gasteiger partial charge in [0.2, 0.25) is 11.8 Å². The van der Waals surface area contributed by atoms with Crippen LogP contribution < -0.4 is 10.6 Å². The van der Waals surface area contributed by atoms with Crippen molar-refractivity contribution < 1.29 is 14.0 Å². The number of rotatable bonds is 7. The monoisotopic (exact) mass is 348 g/mol. The maximum atomic E-state index is 11.7. The third-order valence-electron chi connectivity index (χ3n) is 3.22. The Bertz CT molecular complexity index is 675. The second-order valence-electron chi connectivity index (χ2n) is 5.24. The molecule has 0 aliphatic carbocycles. The first-order valence-electron chi connectivity index (χ1n) is 7.66. The molecule has 1 atom stereocenters. The number of nitrogens with one attached hydrogen (secondary N) is 2. The summed E-state index contributed by atoms with van der Waals surface area (Å²) in [5.41, 5.74) is 1.07. The summed E-state index contributed by atoms with van der Waals surface area (Å²) in [6.07, 6.45) is 1.33. The third-order valence-corrected chi connectivity index (χ3v) is 4.03. The summed E-state index contributed by atoms with van der Waals surface area (Å²) in [6.45, 7) is 3.82. The summed E-state index contributed by atoms with van der Waals surface area (Å²) in [6, 6.07) is 9.29. The van der Waals surface area contributed by atoms with E-state index in [1.807, 2.05) is 44.2 Å². The predicted molar refractivity (Wildman–Crippen MR) is 90.7 cm³/mol. The summed E-state index contributed by atoms with van der Waals surface area (Å²) in [7, 11) is 0. The first-order chi connectivity index (χ1) is 11.6. The molecular formula is C16H20N4O3S. The van der Waals surface area contributed by atoms with Crippen molar-refractivity contribution in [1.82, 2.24) is 20.8 Å². The fourth-order valence-electron chi connectivity index (χ4n) is 1.79. The normalized spacial score (nSPS) is 11.8. The summed E-state index contributed by atoms with van der Waals surface area (Å²) in [5.74, 6) is 0.100. The number of hydrogen-bond donors (Lipinski definition) is 2. The Morgan fingerprint density at radius 1 is 1.25 bits per heavy atom. The van der Waals surface area contributed by atoms with Gasteiger partial charge in [0.15, 0.2) is 0 Å². The van der Waals surface area contributed by atoms with Gasteiger partial charge in [0.1, 0.15) is 0 Å². The van der Waals surface area contributed by atoms with Gasteiger partial charge >= 0.3 is 6.03 Å². The van der Waals surface area contributed by atoms with Crippen LogP contribution in [0.4, 0.5) is 4.79 Å². The van der Waals surface area contributed by atoms with E-state index in [0.717, 1.165) is 23.7 Å². The number of carbonyl (C=O) groups is 2. The SMILES string of the molecule is CC[C@H](C)NC(=O)NC(=O)CSc1nnc(Cc2ccccc2)o1. The Hall–Kier alpha value is -2.35. The number of aromatic nitrogens is 2. The van der Waals surface area contributed by atoms with Crippen LogP contribution in [-0.2, 0) is 11.2 Å². The molecule has 2 rings (SSSR count). The second kappa shape index (κ2) is 9.07. The van der Waals surface area contributed by atoms with Crippen LogP contribution in [-0.4, -0.2) is 33.9 Å². The molecule has 7 nitrogen and oxygen atoms in total. The molecule has 24 heavy (non-hydrogen) atoms. The largest absolute Gasteiger partial charge is 0.416 e. The van der Waals surface area contributed by atoms with E-state index in [2.05, 4.69) is 20.8 Å². The number of imide groups is 1. The van der Waals surface area contributed by atoms with E-state index in [1.165, 1.54) is 0 Å². The maximum Gasteiger partial charge on any atom is 0.321 e. The average Bonchev–Trinajstić information content (AvgIpc) is 3.01. The zero-order valence-corrected chi connectivity index (χ0v) is 14.4. The zero-order chi connectivity index (χ0) is 17.4. The molecule has 0 aliphatic heterocycles. The van der Waals surface area contributed by atoms with Crippen molar-refractivity contribution in [3.63, 3.8) is 0 Å². The molecule has 0 aliphatic rings. The van der Waals surface area contributed by atoms with E-state index < -0.39 is 11.9 Å². The Kier molecular flexibility index (Phi) is 6.80. The van der Waals surface area contributed by atoms with Crippen molar-refractivity contribution in [2.45, 2.75) is 38.0 Å². The smallest absolute Gasteiger partial charge is 0.321 e. The van der Waals surface area contributed by atoms with Crippen LogP contribution in [0.2, 0.25) is 0 Å². The van der Waals surface area contributed by atoms with E-state index in [1.54, 1.807) is 0 Å². The number of amides is 3. The molecule has 0 saturated carbocycles. The highest BCUT2D eigenvalue weighted by Gasteiger charge is 2.13. The van der Waals surface area contributed by atoms with E-state index in [-0.39, 0.29) is 11.8 Å². The predicted octanol–water partition coefficient (Wildman–Crippen LogP) is 2.38. The lowest BCUT2D eigenvalue weighted by Gasteiger charge is -2.11. The lowest BCUT2D eigenvalue weighted by molar-refractivity contribution is -0.117. The first kappa shape index (κ1) is 18.0. The Balaban J connectivity index is 1.76. The quantitative estimate of drug-likeness (QED) is 0.746. The van der Waals surface area contributed by atoms with Crippen LogP contribution >= 0.6 is 11.8 Å². The van der Waals surface area contributed by atoms with Gasteiger partial charge in [0.25, 0.3) is 5.22 Å². The van der Waals surface area contributed by atoms with Crippen LogP contribution in [0.3, 0.4) is 0 Å². The topological polar surface area (TPSA) is 97.1 Å². The second-order valence-corrected chi connectivity index (χ2v) is 6.17. The molecule has 1 aromatic carbocycles. The molecule has 2 N–H and O–H groups in total. The van der Waals surface area contributed by atoms with E-state index in [4.69, 9.17) is 4.42 Å². The van der Waals surface area contributed by atoms with Crippen LogP contribution in [0.5, 0.6) is 0 Å². The Labute approximate surface area is 144 Å². The highest BCUT2D eigenvalue weighted by molar-refractivity contribution is 7.99. The van der Waals surface area contributed by atoms with Gasteiger partial charge in [-0.3, -0.25) is 10.1 Å². The number of thioether (sulfide) groups is 1. The summed E-state index contributed by atoms with van der Waals surface area (Å²) < 4.78 is 5.49. The number of benzene rings is 1. The van der Waals surface area contributed by atoms with Crippen LogP contribution in [0.25, 0.3) is 0 Å². The molecule has 0 fully saturated rings. The van der Waals surface area contributed by atoms with Gasteiger partial charge < -0.3 is 9.73 Å². The van der Waals surface area contributed by atoms with Gasteiger partial charge in [0, 0.05) is 6.04 Å². The van der Waals surface area contributed by atoms with Crippen LogP contribution in [0, 0.1) is 0 Å². The fraction of sp³-hybridized carbons (Fsp3) is 0.375. The molecule has 1 aromatic heterocycles. The Morgan fingerprint density at radius 2 is 2.00 bits per heavy atom.